The molecule has 0 aliphatic heterocycles. The third-order valence-electron chi connectivity index (χ3n) is 1.50. The Morgan fingerprint density at radius 1 is 1.83 bits per heavy atom. The Morgan fingerprint density at radius 3 is 2.92 bits per heavy atom. The molecule has 1 aromatic heterocycles. The Hall–Kier alpha value is -1.36. The van der Waals surface area contributed by atoms with E-state index in [4.69, 9.17) is 11.5 Å². The zero-order valence-electron chi connectivity index (χ0n) is 6.90. The Bertz CT molecular complexity index is 279. The second kappa shape index (κ2) is 3.36. The number of hydrogen-bond acceptors (Lipinski definition) is 3. The number of hydrogen-bond donors (Lipinski definition) is 2. The van der Waals surface area contributed by atoms with Crippen molar-refractivity contribution >= 4 is 5.91 Å². The lowest BCUT2D eigenvalue weighted by Crippen LogP contribution is -2.18. The second-order valence-electron chi connectivity index (χ2n) is 2.73. The maximum Gasteiger partial charge on any atom is 0.239 e. The number of rotatable bonds is 3. The lowest BCUT2D eigenvalue weighted by molar-refractivity contribution is -0.118. The van der Waals surface area contributed by atoms with Crippen molar-refractivity contribution in [3.63, 3.8) is 0 Å². The van der Waals surface area contributed by atoms with Crippen molar-refractivity contribution in [3.8, 4) is 0 Å². The van der Waals surface area contributed by atoms with Crippen molar-refractivity contribution in [1.82, 2.24) is 9.78 Å². The van der Waals surface area contributed by atoms with Gasteiger partial charge >= 0.3 is 0 Å². The van der Waals surface area contributed by atoms with E-state index in [0.29, 0.717) is 0 Å². The van der Waals surface area contributed by atoms with Crippen LogP contribution in [-0.4, -0.2) is 15.7 Å². The molecule has 12 heavy (non-hydrogen) atoms. The van der Waals surface area contributed by atoms with Crippen LogP contribution in [-0.2, 0) is 11.3 Å². The molecule has 1 atom stereocenters. The van der Waals surface area contributed by atoms with Gasteiger partial charge in [0.1, 0.15) is 6.54 Å². The van der Waals surface area contributed by atoms with Crippen LogP contribution in [0.2, 0.25) is 0 Å². The molecule has 0 aromatic carbocycles. The quantitative estimate of drug-likeness (QED) is 0.631. The fourth-order valence-corrected chi connectivity index (χ4v) is 0.861. The first-order chi connectivity index (χ1) is 5.59. The first-order valence-electron chi connectivity index (χ1n) is 3.66. The Kier molecular flexibility index (Phi) is 2.44. The molecule has 1 unspecified atom stereocenters. The van der Waals surface area contributed by atoms with Gasteiger partial charge < -0.3 is 11.5 Å². The van der Waals surface area contributed by atoms with E-state index in [2.05, 4.69) is 5.10 Å². The van der Waals surface area contributed by atoms with Crippen LogP contribution < -0.4 is 11.5 Å². The molecule has 0 spiro atoms. The van der Waals surface area contributed by atoms with Gasteiger partial charge in [0.25, 0.3) is 0 Å². The van der Waals surface area contributed by atoms with Crippen LogP contribution in [0.5, 0.6) is 0 Å². The molecule has 0 radical (unpaired) electrons. The molecule has 0 aliphatic carbocycles. The molecular weight excluding hydrogens is 156 g/mol. The van der Waals surface area contributed by atoms with Crippen LogP contribution in [0.3, 0.4) is 0 Å². The minimum atomic E-state index is -0.408. The van der Waals surface area contributed by atoms with Crippen LogP contribution in [0.1, 0.15) is 18.5 Å². The van der Waals surface area contributed by atoms with Crippen molar-refractivity contribution in [1.29, 1.82) is 0 Å². The summed E-state index contributed by atoms with van der Waals surface area (Å²) in [5.74, 6) is -0.408. The van der Waals surface area contributed by atoms with E-state index in [1.807, 2.05) is 6.92 Å². The monoisotopic (exact) mass is 168 g/mol. The highest BCUT2D eigenvalue weighted by molar-refractivity contribution is 5.73. The number of carbonyl (C=O) groups is 1. The summed E-state index contributed by atoms with van der Waals surface area (Å²) < 4.78 is 1.47. The van der Waals surface area contributed by atoms with E-state index in [1.54, 1.807) is 12.4 Å². The maximum atomic E-state index is 10.5. The molecule has 1 rings (SSSR count). The first-order valence-corrected chi connectivity index (χ1v) is 3.66. The van der Waals surface area contributed by atoms with Crippen molar-refractivity contribution in [3.05, 3.63) is 18.0 Å². The maximum absolute atomic E-state index is 10.5. The van der Waals surface area contributed by atoms with Gasteiger partial charge in [0.2, 0.25) is 5.91 Å². The molecule has 0 saturated carbocycles. The number of nitrogens with zero attached hydrogens (tertiary/aromatic N) is 2. The van der Waals surface area contributed by atoms with E-state index in [0.717, 1.165) is 5.56 Å². The highest BCUT2D eigenvalue weighted by Crippen LogP contribution is 2.06. The van der Waals surface area contributed by atoms with Gasteiger partial charge in [0.05, 0.1) is 6.20 Å². The van der Waals surface area contributed by atoms with Gasteiger partial charge in [-0.1, -0.05) is 0 Å². The smallest absolute Gasteiger partial charge is 0.239 e. The second-order valence-corrected chi connectivity index (χ2v) is 2.73. The van der Waals surface area contributed by atoms with Crippen LogP contribution in [0.25, 0.3) is 0 Å². The summed E-state index contributed by atoms with van der Waals surface area (Å²) in [4.78, 5) is 10.5. The van der Waals surface area contributed by atoms with Crippen molar-refractivity contribution in [2.75, 3.05) is 0 Å². The number of primary amides is 1. The van der Waals surface area contributed by atoms with Gasteiger partial charge in [-0.3, -0.25) is 9.48 Å². The molecule has 0 saturated heterocycles. The molecule has 4 N–H and O–H groups in total. The van der Waals surface area contributed by atoms with E-state index < -0.39 is 5.91 Å². The van der Waals surface area contributed by atoms with Crippen molar-refractivity contribution < 1.29 is 4.79 Å². The number of aromatic nitrogens is 2. The molecule has 0 fully saturated rings. The topological polar surface area (TPSA) is 86.9 Å². The third-order valence-corrected chi connectivity index (χ3v) is 1.50. The Morgan fingerprint density at radius 2 is 2.50 bits per heavy atom. The average molecular weight is 168 g/mol. The summed E-state index contributed by atoms with van der Waals surface area (Å²) in [6.45, 7) is 1.96. The van der Waals surface area contributed by atoms with Gasteiger partial charge in [0.15, 0.2) is 0 Å². The van der Waals surface area contributed by atoms with Crippen LogP contribution in [0.4, 0.5) is 0 Å². The molecule has 66 valence electrons. The summed E-state index contributed by atoms with van der Waals surface area (Å²) in [5, 5.41) is 3.91. The predicted molar refractivity (Wildman–Crippen MR) is 44.0 cm³/mol. The fourth-order valence-electron chi connectivity index (χ4n) is 0.861. The summed E-state index contributed by atoms with van der Waals surface area (Å²) in [7, 11) is 0. The van der Waals surface area contributed by atoms with E-state index >= 15 is 0 Å². The molecule has 0 bridgehead atoms. The summed E-state index contributed by atoms with van der Waals surface area (Å²) >= 11 is 0. The highest BCUT2D eigenvalue weighted by Gasteiger charge is 2.03. The van der Waals surface area contributed by atoms with E-state index in [9.17, 15) is 4.79 Å². The number of nitrogens with two attached hydrogens (primary N) is 2. The summed E-state index contributed by atoms with van der Waals surface area (Å²) in [6.07, 6.45) is 3.35. The molecule has 1 amide bonds. The van der Waals surface area contributed by atoms with Gasteiger partial charge in [-0.25, -0.2) is 0 Å². The normalized spacial score (nSPS) is 12.8. The minimum absolute atomic E-state index is 0.0633. The lowest BCUT2D eigenvalue weighted by atomic mass is 10.2. The van der Waals surface area contributed by atoms with Gasteiger partial charge in [0, 0.05) is 17.8 Å². The number of amides is 1. The Labute approximate surface area is 70.3 Å². The minimum Gasteiger partial charge on any atom is -0.368 e. The molecular formula is C7H12N4O. The fraction of sp³-hybridized carbons (Fsp3) is 0.429. The van der Waals surface area contributed by atoms with Gasteiger partial charge in [-0.05, 0) is 6.92 Å². The third kappa shape index (κ3) is 2.06. The van der Waals surface area contributed by atoms with Crippen LogP contribution >= 0.6 is 0 Å². The molecule has 1 aromatic rings. The standard InChI is InChI=1S/C7H12N4O/c1-5(8)6-2-10-11(3-6)4-7(9)12/h2-3,5H,4,8H2,1H3,(H2,9,12). The molecule has 5 heteroatoms. The van der Waals surface area contributed by atoms with Crippen LogP contribution in [0, 0.1) is 0 Å². The zero-order chi connectivity index (χ0) is 9.14. The molecule has 5 nitrogen and oxygen atoms in total. The molecule has 1 heterocycles. The Balaban J connectivity index is 2.70. The zero-order valence-corrected chi connectivity index (χ0v) is 6.90. The van der Waals surface area contributed by atoms with Crippen molar-refractivity contribution in [2.45, 2.75) is 19.5 Å². The van der Waals surface area contributed by atoms with E-state index in [1.165, 1.54) is 4.68 Å². The SMILES string of the molecule is CC(N)c1cnn(CC(N)=O)c1. The average Bonchev–Trinajstić information content (AvgIpc) is 2.34. The lowest BCUT2D eigenvalue weighted by Gasteiger charge is -1.98. The van der Waals surface area contributed by atoms with E-state index in [-0.39, 0.29) is 12.6 Å². The predicted octanol–water partition coefficient (Wildman–Crippen LogP) is -0.612. The van der Waals surface area contributed by atoms with Gasteiger partial charge in [-0.2, -0.15) is 5.10 Å². The first kappa shape index (κ1) is 8.73. The van der Waals surface area contributed by atoms with Crippen molar-refractivity contribution in [2.24, 2.45) is 11.5 Å². The largest absolute Gasteiger partial charge is 0.368 e. The summed E-state index contributed by atoms with van der Waals surface area (Å²) in [6, 6.07) is -0.0633. The molecule has 0 aliphatic rings. The highest BCUT2D eigenvalue weighted by atomic mass is 16.1. The van der Waals surface area contributed by atoms with Crippen LogP contribution in [0.15, 0.2) is 12.4 Å². The summed E-state index contributed by atoms with van der Waals surface area (Å²) in [5.41, 5.74) is 11.5. The van der Waals surface area contributed by atoms with Gasteiger partial charge in [-0.15, -0.1) is 0 Å². The number of carbonyl (C=O) groups excluding carboxylic acids is 1.